The molecule has 2 aliphatic rings. The van der Waals surface area contributed by atoms with Gasteiger partial charge in [-0.25, -0.2) is 4.79 Å². The summed E-state index contributed by atoms with van der Waals surface area (Å²) in [6.45, 7) is 9.50. The van der Waals surface area contributed by atoms with E-state index in [0.717, 1.165) is 63.9 Å². The molecular weight excluding hydrogens is 435 g/mol. The summed E-state index contributed by atoms with van der Waals surface area (Å²) < 4.78 is 5.75. The SMILES string of the molecule is Cc1ccc(CN2CCC[C@@H](CN3CCN(C(=O)Nc4ccc(Cl)c(Cl)c4)CC3)C2)o1. The van der Waals surface area contributed by atoms with Crippen LogP contribution in [-0.2, 0) is 6.54 Å². The molecule has 0 aliphatic carbocycles. The molecular formula is C23H30Cl2N4O2. The third kappa shape index (κ3) is 6.16. The summed E-state index contributed by atoms with van der Waals surface area (Å²) in [7, 11) is 0. The van der Waals surface area contributed by atoms with Gasteiger partial charge in [0.15, 0.2) is 0 Å². The molecule has 2 fully saturated rings. The monoisotopic (exact) mass is 464 g/mol. The van der Waals surface area contributed by atoms with E-state index in [2.05, 4.69) is 21.2 Å². The van der Waals surface area contributed by atoms with Crippen LogP contribution in [0.2, 0.25) is 10.0 Å². The van der Waals surface area contributed by atoms with Crippen LogP contribution in [0, 0.1) is 12.8 Å². The Morgan fingerprint density at radius 1 is 1.06 bits per heavy atom. The van der Waals surface area contributed by atoms with Crippen LogP contribution in [-0.4, -0.2) is 66.5 Å². The Balaban J connectivity index is 1.21. The van der Waals surface area contributed by atoms with Crippen LogP contribution < -0.4 is 5.32 Å². The van der Waals surface area contributed by atoms with Gasteiger partial charge in [-0.15, -0.1) is 0 Å². The highest BCUT2D eigenvalue weighted by molar-refractivity contribution is 6.42. The standard InChI is InChI=1S/C23H30Cl2N4O2/c1-17-4-6-20(31-17)16-28-8-2-3-18(15-28)14-27-9-11-29(12-10-27)23(30)26-19-5-7-21(24)22(25)13-19/h4-7,13,18H,2-3,8-12,14-16H2,1H3,(H,26,30)/t18-/m0/s1. The van der Waals surface area contributed by atoms with E-state index in [1.54, 1.807) is 18.2 Å². The number of carbonyl (C=O) groups is 1. The quantitative estimate of drug-likeness (QED) is 0.679. The second-order valence-corrected chi connectivity index (χ2v) is 9.42. The van der Waals surface area contributed by atoms with Crippen LogP contribution in [0.4, 0.5) is 10.5 Å². The molecule has 3 heterocycles. The molecule has 2 aliphatic heterocycles. The van der Waals surface area contributed by atoms with Crippen LogP contribution in [0.3, 0.4) is 0 Å². The van der Waals surface area contributed by atoms with Gasteiger partial charge in [-0.3, -0.25) is 9.80 Å². The predicted octanol–water partition coefficient (Wildman–Crippen LogP) is 4.96. The van der Waals surface area contributed by atoms with E-state index in [-0.39, 0.29) is 6.03 Å². The van der Waals surface area contributed by atoms with Crippen LogP contribution in [0.5, 0.6) is 0 Å². The van der Waals surface area contributed by atoms with Gasteiger partial charge >= 0.3 is 6.03 Å². The number of aryl methyl sites for hydroxylation is 1. The lowest BCUT2D eigenvalue weighted by atomic mass is 9.97. The maximum Gasteiger partial charge on any atom is 0.321 e. The number of piperazine rings is 1. The third-order valence-corrected chi connectivity index (χ3v) is 6.86. The van der Waals surface area contributed by atoms with E-state index >= 15 is 0 Å². The first-order valence-electron chi connectivity index (χ1n) is 11.0. The number of nitrogens with zero attached hydrogens (tertiary/aromatic N) is 3. The van der Waals surface area contributed by atoms with Crippen molar-refractivity contribution in [3.8, 4) is 0 Å². The van der Waals surface area contributed by atoms with Crippen molar-refractivity contribution in [3.05, 3.63) is 51.9 Å². The number of halogens is 2. The molecule has 0 saturated carbocycles. The van der Waals surface area contributed by atoms with Crippen molar-refractivity contribution in [3.63, 3.8) is 0 Å². The zero-order chi connectivity index (χ0) is 21.8. The number of benzene rings is 1. The fourth-order valence-electron chi connectivity index (χ4n) is 4.51. The largest absolute Gasteiger partial charge is 0.465 e. The molecule has 168 valence electrons. The number of urea groups is 1. The number of piperidine rings is 1. The van der Waals surface area contributed by atoms with E-state index < -0.39 is 0 Å². The van der Waals surface area contributed by atoms with Crippen LogP contribution in [0.15, 0.2) is 34.7 Å². The number of anilines is 1. The van der Waals surface area contributed by atoms with Crippen molar-refractivity contribution in [2.24, 2.45) is 5.92 Å². The lowest BCUT2D eigenvalue weighted by molar-refractivity contribution is 0.0955. The molecule has 8 heteroatoms. The summed E-state index contributed by atoms with van der Waals surface area (Å²) in [6, 6.07) is 9.17. The highest BCUT2D eigenvalue weighted by Gasteiger charge is 2.26. The van der Waals surface area contributed by atoms with Gasteiger partial charge in [-0.05, 0) is 62.6 Å². The first-order chi connectivity index (χ1) is 15.0. The van der Waals surface area contributed by atoms with Gasteiger partial charge in [0, 0.05) is 45.0 Å². The minimum Gasteiger partial charge on any atom is -0.465 e. The molecule has 0 spiro atoms. The van der Waals surface area contributed by atoms with Crippen LogP contribution in [0.25, 0.3) is 0 Å². The van der Waals surface area contributed by atoms with Gasteiger partial charge in [-0.2, -0.15) is 0 Å². The molecule has 1 aromatic carbocycles. The summed E-state index contributed by atoms with van der Waals surface area (Å²) in [5.74, 6) is 2.70. The lowest BCUT2D eigenvalue weighted by Crippen LogP contribution is -2.52. The zero-order valence-corrected chi connectivity index (χ0v) is 19.5. The maximum atomic E-state index is 12.6. The fraction of sp³-hybridized carbons (Fsp3) is 0.522. The lowest BCUT2D eigenvalue weighted by Gasteiger charge is -2.39. The Hall–Kier alpha value is -1.73. The second kappa shape index (κ2) is 10.3. The molecule has 0 unspecified atom stereocenters. The van der Waals surface area contributed by atoms with Crippen molar-refractivity contribution in [2.45, 2.75) is 26.3 Å². The summed E-state index contributed by atoms with van der Waals surface area (Å²) in [5.41, 5.74) is 0.663. The fourth-order valence-corrected chi connectivity index (χ4v) is 4.81. The first kappa shape index (κ1) is 22.5. The van der Waals surface area contributed by atoms with Gasteiger partial charge in [-0.1, -0.05) is 23.2 Å². The Morgan fingerprint density at radius 2 is 1.87 bits per heavy atom. The van der Waals surface area contributed by atoms with E-state index in [9.17, 15) is 4.79 Å². The number of amides is 2. The maximum absolute atomic E-state index is 12.6. The van der Waals surface area contributed by atoms with Crippen molar-refractivity contribution in [2.75, 3.05) is 51.1 Å². The van der Waals surface area contributed by atoms with Gasteiger partial charge in [0.2, 0.25) is 0 Å². The van der Waals surface area contributed by atoms with E-state index in [0.29, 0.717) is 21.7 Å². The summed E-state index contributed by atoms with van der Waals surface area (Å²) >= 11 is 12.0. The number of nitrogens with one attached hydrogen (secondary N) is 1. The van der Waals surface area contributed by atoms with Crippen molar-refractivity contribution < 1.29 is 9.21 Å². The minimum atomic E-state index is -0.0874. The summed E-state index contributed by atoms with van der Waals surface area (Å²) in [6.07, 6.45) is 2.50. The molecule has 4 rings (SSSR count). The molecule has 2 amide bonds. The van der Waals surface area contributed by atoms with Gasteiger partial charge in [0.1, 0.15) is 11.5 Å². The zero-order valence-electron chi connectivity index (χ0n) is 17.9. The predicted molar refractivity (Wildman–Crippen MR) is 125 cm³/mol. The molecule has 2 aromatic rings. The Morgan fingerprint density at radius 3 is 2.58 bits per heavy atom. The molecule has 31 heavy (non-hydrogen) atoms. The van der Waals surface area contributed by atoms with Gasteiger partial charge < -0.3 is 14.6 Å². The third-order valence-electron chi connectivity index (χ3n) is 6.13. The topological polar surface area (TPSA) is 52.0 Å². The number of hydrogen-bond donors (Lipinski definition) is 1. The Bertz CT molecular complexity index is 895. The molecule has 0 radical (unpaired) electrons. The average Bonchev–Trinajstić information content (AvgIpc) is 3.16. The smallest absolute Gasteiger partial charge is 0.321 e. The van der Waals surface area contributed by atoms with Crippen molar-refractivity contribution in [1.82, 2.24) is 14.7 Å². The number of furan rings is 1. The van der Waals surface area contributed by atoms with Crippen molar-refractivity contribution in [1.29, 1.82) is 0 Å². The Kier molecular flexibility index (Phi) is 7.43. The normalized spacial score (nSPS) is 20.7. The van der Waals surface area contributed by atoms with E-state index in [1.807, 2.05) is 17.9 Å². The molecule has 1 atom stereocenters. The number of likely N-dealkylation sites (tertiary alicyclic amines) is 1. The van der Waals surface area contributed by atoms with Crippen molar-refractivity contribution >= 4 is 34.9 Å². The average molecular weight is 465 g/mol. The van der Waals surface area contributed by atoms with Gasteiger partial charge in [0.25, 0.3) is 0 Å². The van der Waals surface area contributed by atoms with Gasteiger partial charge in [0.05, 0.1) is 16.6 Å². The first-order valence-corrected chi connectivity index (χ1v) is 11.7. The summed E-state index contributed by atoms with van der Waals surface area (Å²) in [5, 5.41) is 3.83. The summed E-state index contributed by atoms with van der Waals surface area (Å²) in [4.78, 5) is 19.5. The van der Waals surface area contributed by atoms with Crippen LogP contribution >= 0.6 is 23.2 Å². The van der Waals surface area contributed by atoms with Crippen LogP contribution in [0.1, 0.15) is 24.4 Å². The Labute approximate surface area is 194 Å². The molecule has 6 nitrogen and oxygen atoms in total. The number of hydrogen-bond acceptors (Lipinski definition) is 4. The second-order valence-electron chi connectivity index (χ2n) is 8.60. The number of carbonyl (C=O) groups excluding carboxylic acids is 1. The molecule has 0 bridgehead atoms. The molecule has 1 aromatic heterocycles. The molecule has 2 saturated heterocycles. The highest BCUT2D eigenvalue weighted by atomic mass is 35.5. The molecule has 1 N–H and O–H groups in total. The minimum absolute atomic E-state index is 0.0874. The van der Waals surface area contributed by atoms with E-state index in [4.69, 9.17) is 27.6 Å². The number of rotatable bonds is 5. The van der Waals surface area contributed by atoms with E-state index in [1.165, 1.54) is 12.8 Å². The highest BCUT2D eigenvalue weighted by Crippen LogP contribution is 2.25.